The number of halogens is 1. The van der Waals surface area contributed by atoms with E-state index in [0.717, 1.165) is 61.5 Å². The first kappa shape index (κ1) is 42.1. The van der Waals surface area contributed by atoms with Crippen molar-refractivity contribution in [3.63, 3.8) is 0 Å². The summed E-state index contributed by atoms with van der Waals surface area (Å²) in [4.78, 5) is 33.3. The average molecular weight is 844 g/mol. The van der Waals surface area contributed by atoms with Gasteiger partial charge in [-0.05, 0) is 68.5 Å². The second kappa shape index (κ2) is 18.1. The van der Waals surface area contributed by atoms with Crippen LogP contribution in [-0.2, 0) is 26.7 Å². The highest BCUT2D eigenvalue weighted by Gasteiger charge is 2.35. The van der Waals surface area contributed by atoms with Gasteiger partial charge >= 0.3 is 0 Å². The number of aldehydes is 1. The van der Waals surface area contributed by atoms with Crippen molar-refractivity contribution in [2.45, 2.75) is 50.0 Å². The van der Waals surface area contributed by atoms with E-state index in [2.05, 4.69) is 59.0 Å². The van der Waals surface area contributed by atoms with Gasteiger partial charge in [-0.15, -0.1) is 5.10 Å². The summed E-state index contributed by atoms with van der Waals surface area (Å²) in [7, 11) is 1.52. The predicted molar refractivity (Wildman–Crippen MR) is 224 cm³/mol. The van der Waals surface area contributed by atoms with Crippen molar-refractivity contribution < 1.29 is 27.1 Å². The lowest BCUT2D eigenvalue weighted by molar-refractivity contribution is -0.109. The lowest BCUT2D eigenvalue weighted by Crippen LogP contribution is -2.50. The number of likely N-dealkylation sites (tertiary alicyclic amines) is 1. The number of carbonyl (C=O) groups is 2. The zero-order valence-electron chi connectivity index (χ0n) is 34.2. The molecule has 2 fully saturated rings. The summed E-state index contributed by atoms with van der Waals surface area (Å²) >= 11 is 0. The third-order valence-corrected chi connectivity index (χ3v) is 12.5. The summed E-state index contributed by atoms with van der Waals surface area (Å²) in [6.45, 7) is 7.75. The second-order valence-electron chi connectivity index (χ2n) is 15.3. The molecular weight excluding hydrogens is 794 g/mol. The van der Waals surface area contributed by atoms with Crippen LogP contribution in [0.2, 0.25) is 0 Å². The van der Waals surface area contributed by atoms with Gasteiger partial charge in [0.2, 0.25) is 28.0 Å². The molecule has 0 radical (unpaired) electrons. The number of anilines is 3. The molecule has 6 heterocycles. The van der Waals surface area contributed by atoms with Gasteiger partial charge in [0.1, 0.15) is 24.1 Å². The molecule has 3 N–H and O–H groups in total. The number of H-pyrrole nitrogens is 1. The van der Waals surface area contributed by atoms with Crippen LogP contribution in [0.3, 0.4) is 0 Å². The van der Waals surface area contributed by atoms with Crippen molar-refractivity contribution >= 4 is 56.7 Å². The topological polar surface area (TPSA) is 201 Å². The number of nitrogens with zero attached hydrogens (tertiary/aromatic N) is 10. The normalized spacial score (nSPS) is 16.4. The Bertz CT molecular complexity index is 2560. The molecule has 2 aliphatic rings. The van der Waals surface area contributed by atoms with Crippen LogP contribution in [0.25, 0.3) is 27.8 Å². The Labute approximate surface area is 347 Å². The van der Waals surface area contributed by atoms with E-state index in [-0.39, 0.29) is 28.6 Å². The number of piperidine rings is 1. The Hall–Kier alpha value is -5.99. The third kappa shape index (κ3) is 8.94. The van der Waals surface area contributed by atoms with Crippen LogP contribution in [-0.4, -0.2) is 129 Å². The number of rotatable bonds is 15. The van der Waals surface area contributed by atoms with E-state index in [9.17, 15) is 13.2 Å². The van der Waals surface area contributed by atoms with Crippen molar-refractivity contribution in [3.05, 3.63) is 66.5 Å². The number of aromatic nitrogens is 8. The SMILES string of the molecule is CC(C)Oc1c(-c2cn[nH]c2)ncn2nc(Nc3ccc(S(=O)(=O)N4CCCC(CN5CC(c6ccc7c(N(C)CCC=O)nn(C)c7c6)C5)C4)cc3F)nc12.CNC=O. The van der Waals surface area contributed by atoms with Gasteiger partial charge in [0.15, 0.2) is 11.6 Å². The summed E-state index contributed by atoms with van der Waals surface area (Å²) in [5.41, 5.74) is 3.95. The van der Waals surface area contributed by atoms with Crippen molar-refractivity contribution in [3.8, 4) is 17.0 Å². The fraction of sp³-hybridized carbons (Fsp3) is 0.425. The molecule has 0 aliphatic carbocycles. The summed E-state index contributed by atoms with van der Waals surface area (Å²) in [5.74, 6) is 1.16. The van der Waals surface area contributed by atoms with Gasteiger partial charge in [0.05, 0.1) is 28.4 Å². The number of aromatic amines is 1. The molecule has 60 heavy (non-hydrogen) atoms. The lowest BCUT2D eigenvalue weighted by Gasteiger charge is -2.43. The minimum Gasteiger partial charge on any atom is -0.485 e. The van der Waals surface area contributed by atoms with E-state index in [1.807, 2.05) is 37.5 Å². The highest BCUT2D eigenvalue weighted by Crippen LogP contribution is 2.35. The largest absolute Gasteiger partial charge is 0.485 e. The minimum absolute atomic E-state index is 0.0305. The van der Waals surface area contributed by atoms with Crippen molar-refractivity contribution in [2.75, 3.05) is 63.6 Å². The molecule has 1 amide bonds. The van der Waals surface area contributed by atoms with E-state index >= 15 is 4.39 Å². The first-order chi connectivity index (χ1) is 28.9. The van der Waals surface area contributed by atoms with Crippen molar-refractivity contribution in [1.82, 2.24) is 54.1 Å². The van der Waals surface area contributed by atoms with Crippen LogP contribution in [0.1, 0.15) is 44.6 Å². The summed E-state index contributed by atoms with van der Waals surface area (Å²) in [6.07, 6.45) is 8.29. The maximum atomic E-state index is 15.6. The Kier molecular flexibility index (Phi) is 12.7. The number of nitrogens with one attached hydrogen (secondary N) is 3. The summed E-state index contributed by atoms with van der Waals surface area (Å²) in [5, 5.41) is 22.1. The van der Waals surface area contributed by atoms with Gasteiger partial charge in [-0.25, -0.2) is 17.8 Å². The zero-order chi connectivity index (χ0) is 42.6. The highest BCUT2D eigenvalue weighted by molar-refractivity contribution is 7.89. The number of carbonyl (C=O) groups excluding carboxylic acids is 2. The average Bonchev–Trinajstić information content (AvgIpc) is 3.99. The second-order valence-corrected chi connectivity index (χ2v) is 17.3. The fourth-order valence-corrected chi connectivity index (χ4v) is 9.25. The molecule has 0 bridgehead atoms. The van der Waals surface area contributed by atoms with Crippen LogP contribution < -0.4 is 20.3 Å². The predicted octanol–water partition coefficient (Wildman–Crippen LogP) is 3.96. The molecule has 2 aromatic carbocycles. The first-order valence-corrected chi connectivity index (χ1v) is 21.3. The molecule has 318 valence electrons. The number of ether oxygens (including phenoxy) is 1. The van der Waals surface area contributed by atoms with Crippen LogP contribution >= 0.6 is 0 Å². The molecule has 4 aromatic heterocycles. The molecule has 2 aliphatic heterocycles. The Morgan fingerprint density at radius 1 is 1.12 bits per heavy atom. The Balaban J connectivity index is 0.00000130. The number of benzene rings is 2. The van der Waals surface area contributed by atoms with Gasteiger partial charge < -0.3 is 30.0 Å². The smallest absolute Gasteiger partial charge is 0.247 e. The van der Waals surface area contributed by atoms with E-state index in [1.165, 1.54) is 32.8 Å². The number of hydrogen-bond acceptors (Lipinski definition) is 13. The van der Waals surface area contributed by atoms with Gasteiger partial charge in [0, 0.05) is 89.9 Å². The summed E-state index contributed by atoms with van der Waals surface area (Å²) in [6, 6.07) is 10.4. The van der Waals surface area contributed by atoms with Crippen LogP contribution in [0.15, 0.2) is 60.0 Å². The number of amides is 1. The molecule has 1 atom stereocenters. The maximum Gasteiger partial charge on any atom is 0.247 e. The Morgan fingerprint density at radius 3 is 2.62 bits per heavy atom. The zero-order valence-corrected chi connectivity index (χ0v) is 35.1. The van der Waals surface area contributed by atoms with Crippen molar-refractivity contribution in [1.29, 1.82) is 0 Å². The van der Waals surface area contributed by atoms with Gasteiger partial charge in [-0.3, -0.25) is 14.6 Å². The third-order valence-electron chi connectivity index (χ3n) is 10.6. The highest BCUT2D eigenvalue weighted by atomic mass is 32.2. The molecular formula is C40H50FN13O5S. The minimum atomic E-state index is -3.93. The number of hydrogen-bond donors (Lipinski definition) is 3. The molecule has 2 saturated heterocycles. The van der Waals surface area contributed by atoms with Crippen molar-refractivity contribution in [2.24, 2.45) is 13.0 Å². The molecule has 6 aromatic rings. The molecule has 1 unspecified atom stereocenters. The standard InChI is InChI=1S/C38H45FN12O4S.C2H5NO/c1-24(2)55-35-34(27-17-41-42-18-27)40-23-51-37(35)44-38(46-51)43-32-11-9-29(16-31(32)39)56(53,54)50-13-5-7-25(20-50)19-49-21-28(22-49)26-8-10-30-33(15-26)48(4)45-36(30)47(3)12-6-14-52;1-3-2-4/h8-11,14-18,23-25,28H,5-7,12-13,19-22H2,1-4H3,(H,41,42)(H,43,46);2H,1H3,(H,3,4). The summed E-state index contributed by atoms with van der Waals surface area (Å²) < 4.78 is 54.1. The van der Waals surface area contributed by atoms with Gasteiger partial charge in [-0.1, -0.05) is 6.07 Å². The fourth-order valence-electron chi connectivity index (χ4n) is 7.68. The monoisotopic (exact) mass is 843 g/mol. The molecule has 0 spiro atoms. The number of fused-ring (bicyclic) bond motifs is 2. The molecule has 8 rings (SSSR count). The van der Waals surface area contributed by atoms with Gasteiger partial charge in [0.25, 0.3) is 0 Å². The van der Waals surface area contributed by atoms with E-state index < -0.39 is 15.8 Å². The van der Waals surface area contributed by atoms with Crippen LogP contribution in [0.5, 0.6) is 5.75 Å². The van der Waals surface area contributed by atoms with E-state index in [4.69, 9.17) is 14.6 Å². The maximum absolute atomic E-state index is 15.6. The number of sulfonamides is 1. The quantitative estimate of drug-likeness (QED) is 0.126. The first-order valence-electron chi connectivity index (χ1n) is 19.8. The lowest BCUT2D eigenvalue weighted by atomic mass is 9.89. The molecule has 0 saturated carbocycles. The Morgan fingerprint density at radius 2 is 1.92 bits per heavy atom. The molecule has 18 nitrogen and oxygen atoms in total. The number of aryl methyl sites for hydroxylation is 1. The van der Waals surface area contributed by atoms with Gasteiger partial charge in [-0.2, -0.15) is 24.0 Å². The van der Waals surface area contributed by atoms with E-state index in [0.29, 0.717) is 61.0 Å². The van der Waals surface area contributed by atoms with Crippen LogP contribution in [0.4, 0.5) is 21.8 Å². The van der Waals surface area contributed by atoms with Crippen LogP contribution in [0, 0.1) is 11.7 Å². The van der Waals surface area contributed by atoms with E-state index in [1.54, 1.807) is 19.4 Å². The molecule has 20 heteroatoms.